The van der Waals surface area contributed by atoms with Crippen LogP contribution < -0.4 is 5.32 Å². The van der Waals surface area contributed by atoms with E-state index in [0.29, 0.717) is 17.2 Å². The number of rotatable bonds is 5. The Labute approximate surface area is 180 Å². The molecule has 2 fully saturated rings. The van der Waals surface area contributed by atoms with Crippen molar-refractivity contribution in [2.24, 2.45) is 11.8 Å². The van der Waals surface area contributed by atoms with Crippen LogP contribution in [0.15, 0.2) is 53.4 Å². The summed E-state index contributed by atoms with van der Waals surface area (Å²) in [7, 11) is -3.96. The molecular formula is C22H24FN3O4S. The Morgan fingerprint density at radius 2 is 1.71 bits per heavy atom. The number of carbonyl (C=O) groups is 2. The van der Waals surface area contributed by atoms with E-state index in [1.807, 2.05) is 6.92 Å². The molecule has 0 aromatic heterocycles. The number of sulfonamides is 1. The van der Waals surface area contributed by atoms with Gasteiger partial charge in [0.2, 0.25) is 15.9 Å². The van der Waals surface area contributed by atoms with Crippen molar-refractivity contribution in [3.8, 4) is 0 Å². The van der Waals surface area contributed by atoms with Crippen LogP contribution in [-0.4, -0.2) is 55.6 Å². The van der Waals surface area contributed by atoms with Gasteiger partial charge in [0.05, 0.1) is 0 Å². The first-order valence-electron chi connectivity index (χ1n) is 10.2. The number of hydrogen-bond donors (Lipinski definition) is 1. The van der Waals surface area contributed by atoms with Gasteiger partial charge in [-0.3, -0.25) is 9.59 Å². The molecule has 1 aliphatic carbocycles. The first kappa shape index (κ1) is 21.5. The van der Waals surface area contributed by atoms with Crippen molar-refractivity contribution < 1.29 is 22.4 Å². The summed E-state index contributed by atoms with van der Waals surface area (Å²) >= 11 is 0. The highest BCUT2D eigenvalue weighted by molar-refractivity contribution is 7.89. The molecule has 1 aliphatic heterocycles. The van der Waals surface area contributed by atoms with Crippen molar-refractivity contribution >= 4 is 27.5 Å². The van der Waals surface area contributed by atoms with Gasteiger partial charge in [-0.1, -0.05) is 25.1 Å². The van der Waals surface area contributed by atoms with Crippen molar-refractivity contribution in [3.63, 3.8) is 0 Å². The maximum atomic E-state index is 14.0. The second-order valence-corrected chi connectivity index (χ2v) is 9.92. The Morgan fingerprint density at radius 1 is 1.03 bits per heavy atom. The van der Waals surface area contributed by atoms with Gasteiger partial charge in [-0.25, -0.2) is 12.8 Å². The predicted molar refractivity (Wildman–Crippen MR) is 113 cm³/mol. The summed E-state index contributed by atoms with van der Waals surface area (Å²) in [6.07, 6.45) is 0.879. The lowest BCUT2D eigenvalue weighted by atomic mass is 10.1. The van der Waals surface area contributed by atoms with Gasteiger partial charge in [-0.05, 0) is 42.7 Å². The largest absolute Gasteiger partial charge is 0.336 e. The SMILES string of the molecule is CC1CC1C(=O)Nc1cccc(C(=O)N2CCN(S(=O)(=O)c3ccccc3F)CC2)c1. The zero-order chi connectivity index (χ0) is 22.2. The van der Waals surface area contributed by atoms with Gasteiger partial charge in [-0.15, -0.1) is 0 Å². The van der Waals surface area contributed by atoms with E-state index in [4.69, 9.17) is 0 Å². The summed E-state index contributed by atoms with van der Waals surface area (Å²) in [5.41, 5.74) is 0.989. The minimum Gasteiger partial charge on any atom is -0.336 e. The predicted octanol–water partition coefficient (Wildman–Crippen LogP) is 2.57. The number of benzene rings is 2. The fourth-order valence-electron chi connectivity index (χ4n) is 3.76. The lowest BCUT2D eigenvalue weighted by Gasteiger charge is -2.34. The van der Waals surface area contributed by atoms with Crippen LogP contribution in [0.1, 0.15) is 23.7 Å². The Kier molecular flexibility index (Phi) is 5.81. The fourth-order valence-corrected chi connectivity index (χ4v) is 5.25. The van der Waals surface area contributed by atoms with Gasteiger partial charge in [0.25, 0.3) is 5.91 Å². The first-order chi connectivity index (χ1) is 14.8. The molecule has 164 valence electrons. The van der Waals surface area contributed by atoms with Crippen LogP contribution >= 0.6 is 0 Å². The monoisotopic (exact) mass is 445 g/mol. The van der Waals surface area contributed by atoms with Gasteiger partial charge < -0.3 is 10.2 Å². The number of piperazine rings is 1. The van der Waals surface area contributed by atoms with Crippen molar-refractivity contribution in [3.05, 3.63) is 59.9 Å². The van der Waals surface area contributed by atoms with E-state index in [9.17, 15) is 22.4 Å². The van der Waals surface area contributed by atoms with Gasteiger partial charge in [0.15, 0.2) is 0 Å². The third kappa shape index (κ3) is 4.47. The van der Waals surface area contributed by atoms with Gasteiger partial charge >= 0.3 is 0 Å². The number of amides is 2. The van der Waals surface area contributed by atoms with E-state index < -0.39 is 15.8 Å². The zero-order valence-electron chi connectivity index (χ0n) is 17.1. The van der Waals surface area contributed by atoms with E-state index in [2.05, 4.69) is 5.32 Å². The van der Waals surface area contributed by atoms with Crippen LogP contribution in [0.4, 0.5) is 10.1 Å². The summed E-state index contributed by atoms with van der Waals surface area (Å²) in [6, 6.07) is 12.0. The number of hydrogen-bond acceptors (Lipinski definition) is 4. The van der Waals surface area contributed by atoms with E-state index in [-0.39, 0.29) is 48.8 Å². The summed E-state index contributed by atoms with van der Waals surface area (Å²) in [5.74, 6) is -0.645. The van der Waals surface area contributed by atoms with Crippen LogP contribution in [0.3, 0.4) is 0 Å². The van der Waals surface area contributed by atoms with E-state index >= 15 is 0 Å². The zero-order valence-corrected chi connectivity index (χ0v) is 17.9. The quantitative estimate of drug-likeness (QED) is 0.766. The minimum atomic E-state index is -3.96. The third-order valence-electron chi connectivity index (χ3n) is 5.80. The van der Waals surface area contributed by atoms with Crippen LogP contribution in [-0.2, 0) is 14.8 Å². The molecule has 9 heteroatoms. The second kappa shape index (κ2) is 8.39. The maximum absolute atomic E-state index is 14.0. The molecule has 2 unspecified atom stereocenters. The minimum absolute atomic E-state index is 0.0313. The Bertz CT molecular complexity index is 1110. The number of halogens is 1. The summed E-state index contributed by atoms with van der Waals surface area (Å²) in [5, 5.41) is 2.85. The van der Waals surface area contributed by atoms with Crippen LogP contribution in [0.5, 0.6) is 0 Å². The van der Waals surface area contributed by atoms with Crippen LogP contribution in [0.25, 0.3) is 0 Å². The van der Waals surface area contributed by atoms with Gasteiger partial charge in [0.1, 0.15) is 10.7 Å². The molecule has 2 amide bonds. The highest BCUT2D eigenvalue weighted by Gasteiger charge is 2.39. The van der Waals surface area contributed by atoms with Crippen molar-refractivity contribution in [2.75, 3.05) is 31.5 Å². The molecule has 2 aromatic rings. The maximum Gasteiger partial charge on any atom is 0.254 e. The molecule has 1 saturated heterocycles. The molecule has 1 saturated carbocycles. The van der Waals surface area contributed by atoms with Crippen LogP contribution in [0.2, 0.25) is 0 Å². The lowest BCUT2D eigenvalue weighted by molar-refractivity contribution is -0.117. The second-order valence-electron chi connectivity index (χ2n) is 8.02. The molecule has 2 aliphatic rings. The molecule has 4 rings (SSSR count). The smallest absolute Gasteiger partial charge is 0.254 e. The number of carbonyl (C=O) groups excluding carboxylic acids is 2. The topological polar surface area (TPSA) is 86.8 Å². The van der Waals surface area contributed by atoms with Gasteiger partial charge in [-0.2, -0.15) is 4.31 Å². The average molecular weight is 446 g/mol. The highest BCUT2D eigenvalue weighted by Crippen LogP contribution is 2.38. The molecule has 0 spiro atoms. The summed E-state index contributed by atoms with van der Waals surface area (Å²) in [4.78, 5) is 26.3. The average Bonchev–Trinajstić information content (AvgIpc) is 3.50. The molecule has 2 aromatic carbocycles. The molecule has 7 nitrogen and oxygen atoms in total. The van der Waals surface area contributed by atoms with Crippen molar-refractivity contribution in [1.82, 2.24) is 9.21 Å². The Balaban J connectivity index is 1.40. The standard InChI is InChI=1S/C22H24FN3O4S/c1-15-13-18(15)21(27)24-17-6-4-5-16(14-17)22(28)25-9-11-26(12-10-25)31(29,30)20-8-3-2-7-19(20)23/h2-8,14-15,18H,9-13H2,1H3,(H,24,27). The number of nitrogens with zero attached hydrogens (tertiary/aromatic N) is 2. The lowest BCUT2D eigenvalue weighted by Crippen LogP contribution is -2.50. The number of nitrogens with one attached hydrogen (secondary N) is 1. The molecular weight excluding hydrogens is 421 g/mol. The van der Waals surface area contributed by atoms with E-state index in [0.717, 1.165) is 12.5 Å². The van der Waals surface area contributed by atoms with E-state index in [1.54, 1.807) is 29.2 Å². The normalized spacial score (nSPS) is 21.5. The highest BCUT2D eigenvalue weighted by atomic mass is 32.2. The Hall–Kier alpha value is -2.78. The third-order valence-corrected chi connectivity index (χ3v) is 7.74. The van der Waals surface area contributed by atoms with E-state index in [1.165, 1.54) is 22.5 Å². The summed E-state index contributed by atoms with van der Waals surface area (Å²) < 4.78 is 40.6. The molecule has 1 N–H and O–H groups in total. The fraction of sp³-hybridized carbons (Fsp3) is 0.364. The molecule has 1 heterocycles. The van der Waals surface area contributed by atoms with Crippen LogP contribution in [0, 0.1) is 17.7 Å². The molecule has 2 atom stereocenters. The first-order valence-corrected chi connectivity index (χ1v) is 11.7. The van der Waals surface area contributed by atoms with Gasteiger partial charge in [0, 0.05) is 43.3 Å². The summed E-state index contributed by atoms with van der Waals surface area (Å²) in [6.45, 7) is 2.58. The number of anilines is 1. The van der Waals surface area contributed by atoms with Crippen molar-refractivity contribution in [1.29, 1.82) is 0 Å². The van der Waals surface area contributed by atoms with Crippen molar-refractivity contribution in [2.45, 2.75) is 18.2 Å². The molecule has 0 bridgehead atoms. The molecule has 31 heavy (non-hydrogen) atoms. The Morgan fingerprint density at radius 3 is 2.35 bits per heavy atom. The molecule has 0 radical (unpaired) electrons.